The predicted octanol–water partition coefficient (Wildman–Crippen LogP) is 3.20. The van der Waals surface area contributed by atoms with Gasteiger partial charge < -0.3 is 15.1 Å². The number of nitrogens with one attached hydrogen (secondary N) is 1. The number of piperazine rings is 1. The van der Waals surface area contributed by atoms with Crippen molar-refractivity contribution in [3.05, 3.63) is 70.8 Å². The van der Waals surface area contributed by atoms with Crippen molar-refractivity contribution >= 4 is 27.6 Å². The number of halogens is 2. The van der Waals surface area contributed by atoms with Gasteiger partial charge in [0.1, 0.15) is 39.6 Å². The summed E-state index contributed by atoms with van der Waals surface area (Å²) in [6.07, 6.45) is 2.94. The average molecular weight is 602 g/mol. The second-order valence-electron chi connectivity index (χ2n) is 12.2. The van der Waals surface area contributed by atoms with Crippen LogP contribution in [0.1, 0.15) is 55.8 Å². The first-order valence-corrected chi connectivity index (χ1v) is 16.4. The predicted molar refractivity (Wildman–Crippen MR) is 153 cm³/mol. The summed E-state index contributed by atoms with van der Waals surface area (Å²) in [4.78, 5) is 45.1. The molecule has 1 aliphatic carbocycles. The highest BCUT2D eigenvalue weighted by Crippen LogP contribution is 2.37. The smallest absolute Gasteiger partial charge is 0.250 e. The molecule has 2 aliphatic heterocycles. The van der Waals surface area contributed by atoms with Gasteiger partial charge in [0.2, 0.25) is 17.7 Å². The molecular weight excluding hydrogens is 564 g/mol. The van der Waals surface area contributed by atoms with Crippen LogP contribution in [-0.2, 0) is 37.1 Å². The summed E-state index contributed by atoms with van der Waals surface area (Å²) in [5.74, 6) is -3.63. The Morgan fingerprint density at radius 2 is 1.64 bits per heavy atom. The number of benzene rings is 2. The summed E-state index contributed by atoms with van der Waals surface area (Å²) in [5, 5.41) is 2.32. The van der Waals surface area contributed by atoms with Gasteiger partial charge in [-0.1, -0.05) is 44.2 Å². The molecule has 1 N–H and O–H groups in total. The van der Waals surface area contributed by atoms with E-state index in [0.717, 1.165) is 29.5 Å². The Bertz CT molecular complexity index is 1460. The van der Waals surface area contributed by atoms with E-state index >= 15 is 4.39 Å². The van der Waals surface area contributed by atoms with Crippen LogP contribution < -0.4 is 5.32 Å². The van der Waals surface area contributed by atoms with Gasteiger partial charge >= 0.3 is 0 Å². The number of hydrogen-bond acceptors (Lipinski definition) is 5. The number of carbonyl (C=O) groups is 3. The van der Waals surface area contributed by atoms with E-state index in [1.54, 1.807) is 0 Å². The molecular formula is C31H37F2N3O5S. The number of fused-ring (bicyclic) bond motifs is 1. The lowest BCUT2D eigenvalue weighted by Crippen LogP contribution is -2.67. The maximum absolute atomic E-state index is 15.5. The Balaban J connectivity index is 1.55. The van der Waals surface area contributed by atoms with Crippen LogP contribution in [0.15, 0.2) is 42.5 Å². The number of hydrogen-bond donors (Lipinski definition) is 1. The lowest BCUT2D eigenvalue weighted by molar-refractivity contribution is -0.160. The van der Waals surface area contributed by atoms with E-state index < -0.39 is 62.6 Å². The molecule has 2 heterocycles. The number of amides is 3. The van der Waals surface area contributed by atoms with Gasteiger partial charge in [0, 0.05) is 31.0 Å². The van der Waals surface area contributed by atoms with Crippen molar-refractivity contribution in [2.24, 2.45) is 11.8 Å². The number of likely N-dealkylation sites (tertiary alicyclic amines) is 1. The first kappa shape index (κ1) is 30.1. The Hall–Kier alpha value is -3.34. The van der Waals surface area contributed by atoms with Crippen LogP contribution in [0.3, 0.4) is 0 Å². The Morgan fingerprint density at radius 3 is 2.19 bits per heavy atom. The second-order valence-corrected chi connectivity index (χ2v) is 14.6. The van der Waals surface area contributed by atoms with Gasteiger partial charge in [-0.3, -0.25) is 14.4 Å². The second kappa shape index (κ2) is 11.7. The Kier molecular flexibility index (Phi) is 8.42. The summed E-state index contributed by atoms with van der Waals surface area (Å²) in [6.45, 7) is 3.97. The summed E-state index contributed by atoms with van der Waals surface area (Å²) in [7, 11) is -3.31. The molecule has 11 heteroatoms. The molecule has 3 amide bonds. The van der Waals surface area contributed by atoms with Crippen LogP contribution in [0.2, 0.25) is 0 Å². The van der Waals surface area contributed by atoms with Crippen molar-refractivity contribution in [2.45, 2.75) is 69.3 Å². The van der Waals surface area contributed by atoms with Gasteiger partial charge in [0.05, 0.1) is 5.25 Å². The zero-order valence-electron chi connectivity index (χ0n) is 24.1. The number of piperidine rings is 1. The summed E-state index contributed by atoms with van der Waals surface area (Å²) < 4.78 is 53.7. The number of carbonyl (C=O) groups excluding carboxylic acids is 3. The highest BCUT2D eigenvalue weighted by Gasteiger charge is 2.51. The van der Waals surface area contributed by atoms with Gasteiger partial charge in [-0.25, -0.2) is 17.2 Å². The third-order valence-electron chi connectivity index (χ3n) is 8.83. The molecule has 226 valence electrons. The maximum Gasteiger partial charge on any atom is 0.250 e. The van der Waals surface area contributed by atoms with Crippen molar-refractivity contribution in [3.63, 3.8) is 0 Å². The van der Waals surface area contributed by atoms with E-state index in [1.165, 1.54) is 9.80 Å². The molecule has 0 aromatic heterocycles. The van der Waals surface area contributed by atoms with E-state index in [-0.39, 0.29) is 49.8 Å². The van der Waals surface area contributed by atoms with Gasteiger partial charge in [-0.2, -0.15) is 0 Å². The van der Waals surface area contributed by atoms with Gasteiger partial charge in [-0.15, -0.1) is 0 Å². The van der Waals surface area contributed by atoms with Crippen molar-refractivity contribution in [1.82, 2.24) is 15.1 Å². The zero-order valence-corrected chi connectivity index (χ0v) is 24.9. The minimum atomic E-state index is -3.31. The molecule has 2 aromatic carbocycles. The normalized spacial score (nSPS) is 22.8. The molecule has 3 aliphatic rings. The minimum absolute atomic E-state index is 0.0392. The van der Waals surface area contributed by atoms with Crippen LogP contribution in [-0.4, -0.2) is 72.6 Å². The van der Waals surface area contributed by atoms with E-state index in [0.29, 0.717) is 18.9 Å². The molecule has 2 aromatic rings. The minimum Gasteiger partial charge on any atom is -0.342 e. The fourth-order valence-electron chi connectivity index (χ4n) is 6.68. The number of rotatable bonds is 7. The summed E-state index contributed by atoms with van der Waals surface area (Å²) >= 11 is 0. The third kappa shape index (κ3) is 5.93. The molecule has 0 saturated carbocycles. The first-order chi connectivity index (χ1) is 19.8. The molecule has 8 nitrogen and oxygen atoms in total. The van der Waals surface area contributed by atoms with Crippen molar-refractivity contribution in [2.75, 3.05) is 19.3 Å². The van der Waals surface area contributed by atoms with Crippen LogP contribution in [0.25, 0.3) is 0 Å². The fraction of sp³-hybridized carbons (Fsp3) is 0.516. The van der Waals surface area contributed by atoms with Gasteiger partial charge in [0.25, 0.3) is 0 Å². The van der Waals surface area contributed by atoms with Crippen LogP contribution in [0.4, 0.5) is 8.78 Å². The lowest BCUT2D eigenvalue weighted by Gasteiger charge is -2.46. The monoisotopic (exact) mass is 601 g/mol. The van der Waals surface area contributed by atoms with Gasteiger partial charge in [0.15, 0.2) is 0 Å². The zero-order chi connectivity index (χ0) is 30.3. The average Bonchev–Trinajstić information content (AvgIpc) is 3.36. The van der Waals surface area contributed by atoms with E-state index in [1.807, 2.05) is 38.1 Å². The molecule has 42 heavy (non-hydrogen) atoms. The highest BCUT2D eigenvalue weighted by molar-refractivity contribution is 7.91. The van der Waals surface area contributed by atoms with Crippen LogP contribution in [0.5, 0.6) is 0 Å². The van der Waals surface area contributed by atoms with E-state index in [2.05, 4.69) is 5.32 Å². The van der Waals surface area contributed by atoms with Crippen molar-refractivity contribution < 1.29 is 31.6 Å². The first-order valence-electron chi connectivity index (χ1n) is 14.5. The summed E-state index contributed by atoms with van der Waals surface area (Å²) in [5.41, 5.74) is 1.98. The standard InChI is InChI=1S/C31H37F2N3O5S/c1-18(2)14-26-29(37)34-27(21-15-19-6-4-5-7-20(19)16-21)30(38)36(26)28(24-9-8-22(32)17-25(24)33)31(39)35-12-10-23(11-13-35)42(3,40)41/h4-9,17-18,21,23,26-28H,10-16H2,1-3H3,(H,34,37)/t26-,27?,28-/m1/s1. The lowest BCUT2D eigenvalue weighted by atomic mass is 9.87. The molecule has 2 fully saturated rings. The van der Waals surface area contributed by atoms with E-state index in [4.69, 9.17) is 0 Å². The molecule has 1 unspecified atom stereocenters. The summed E-state index contributed by atoms with van der Waals surface area (Å²) in [6, 6.07) is 7.19. The fourth-order valence-corrected chi connectivity index (χ4v) is 7.74. The number of nitrogens with zero attached hydrogens (tertiary/aromatic N) is 2. The van der Waals surface area contributed by atoms with E-state index in [9.17, 15) is 27.2 Å². The topological polar surface area (TPSA) is 104 Å². The molecule has 0 bridgehead atoms. The highest BCUT2D eigenvalue weighted by atomic mass is 32.2. The molecule has 2 saturated heterocycles. The Labute approximate surface area is 245 Å². The third-order valence-corrected chi connectivity index (χ3v) is 10.5. The van der Waals surface area contributed by atoms with Crippen molar-refractivity contribution in [1.29, 1.82) is 0 Å². The maximum atomic E-state index is 15.5. The number of sulfone groups is 1. The van der Waals surface area contributed by atoms with Crippen LogP contribution in [0, 0.1) is 23.5 Å². The molecule has 0 spiro atoms. The molecule has 0 radical (unpaired) electrons. The molecule has 3 atom stereocenters. The van der Waals surface area contributed by atoms with Gasteiger partial charge in [-0.05, 0) is 61.1 Å². The SMILES string of the molecule is CC(C)C[C@@H]1C(=O)NC(C2Cc3ccccc3C2)C(=O)N1[C@@H](C(=O)N1CCC(S(C)(=O)=O)CC1)c1ccc(F)cc1F. The molecule has 5 rings (SSSR count). The van der Waals surface area contributed by atoms with Crippen LogP contribution >= 0.6 is 0 Å². The van der Waals surface area contributed by atoms with Crippen molar-refractivity contribution in [3.8, 4) is 0 Å². The quantitative estimate of drug-likeness (QED) is 0.525. The Morgan fingerprint density at radius 1 is 1.02 bits per heavy atom. The largest absolute Gasteiger partial charge is 0.342 e.